The molecule has 2 rings (SSSR count). The minimum Gasteiger partial charge on any atom is -0.444 e. The van der Waals surface area contributed by atoms with Gasteiger partial charge in [-0.2, -0.15) is 0 Å². The molecule has 0 bridgehead atoms. The lowest BCUT2D eigenvalue weighted by Crippen LogP contribution is -2.52. The van der Waals surface area contributed by atoms with Crippen LogP contribution in [-0.4, -0.2) is 78.6 Å². The Balaban J connectivity index is 1.97. The van der Waals surface area contributed by atoms with Crippen LogP contribution in [0.1, 0.15) is 36.7 Å². The van der Waals surface area contributed by atoms with Crippen LogP contribution in [0.2, 0.25) is 0 Å². The van der Waals surface area contributed by atoms with E-state index in [0.717, 1.165) is 5.56 Å². The smallest absolute Gasteiger partial charge is 0.410 e. The number of benzene rings is 1. The van der Waals surface area contributed by atoms with Crippen molar-refractivity contribution in [3.63, 3.8) is 0 Å². The van der Waals surface area contributed by atoms with Crippen LogP contribution in [0.25, 0.3) is 0 Å². The van der Waals surface area contributed by atoms with Crippen molar-refractivity contribution in [3.8, 4) is 0 Å². The summed E-state index contributed by atoms with van der Waals surface area (Å²) in [6.45, 7) is 9.02. The molecule has 0 aromatic heterocycles. The molecule has 1 heterocycles. The van der Waals surface area contributed by atoms with Crippen LogP contribution in [0, 0.1) is 6.92 Å². The van der Waals surface area contributed by atoms with Gasteiger partial charge in [-0.15, -0.1) is 0 Å². The highest BCUT2D eigenvalue weighted by Gasteiger charge is 2.27. The topological polar surface area (TPSA) is 82.2 Å². The first-order chi connectivity index (χ1) is 13.0. The Bertz CT molecular complexity index is 747. The van der Waals surface area contributed by atoms with Gasteiger partial charge in [0.2, 0.25) is 0 Å². The third-order valence-electron chi connectivity index (χ3n) is 4.35. The third-order valence-corrected chi connectivity index (χ3v) is 4.35. The second-order valence-corrected chi connectivity index (χ2v) is 8.11. The van der Waals surface area contributed by atoms with Gasteiger partial charge in [0.1, 0.15) is 5.60 Å². The second kappa shape index (κ2) is 8.50. The number of rotatable bonds is 2. The molecule has 0 unspecified atom stereocenters. The molecule has 4 amide bonds. The van der Waals surface area contributed by atoms with Crippen molar-refractivity contribution < 1.29 is 19.1 Å². The van der Waals surface area contributed by atoms with E-state index in [-0.39, 0.29) is 18.0 Å². The Morgan fingerprint density at radius 2 is 1.61 bits per heavy atom. The molecule has 1 N–H and O–H groups in total. The highest BCUT2D eigenvalue weighted by atomic mass is 16.6. The largest absolute Gasteiger partial charge is 0.444 e. The second-order valence-electron chi connectivity index (χ2n) is 8.11. The lowest BCUT2D eigenvalue weighted by Gasteiger charge is -2.35. The van der Waals surface area contributed by atoms with E-state index >= 15 is 0 Å². The van der Waals surface area contributed by atoms with Crippen LogP contribution in [0.5, 0.6) is 0 Å². The van der Waals surface area contributed by atoms with E-state index in [9.17, 15) is 14.4 Å². The normalized spacial score (nSPS) is 14.5. The molecule has 1 aliphatic heterocycles. The predicted molar refractivity (Wildman–Crippen MR) is 108 cm³/mol. The zero-order valence-electron chi connectivity index (χ0n) is 17.5. The summed E-state index contributed by atoms with van der Waals surface area (Å²) >= 11 is 0. The van der Waals surface area contributed by atoms with Gasteiger partial charge >= 0.3 is 12.1 Å². The number of aryl methyl sites for hydroxylation is 1. The van der Waals surface area contributed by atoms with Gasteiger partial charge in [0.15, 0.2) is 0 Å². The summed E-state index contributed by atoms with van der Waals surface area (Å²) in [7, 11) is 3.37. The fourth-order valence-corrected chi connectivity index (χ4v) is 2.76. The molecule has 8 heteroatoms. The molecule has 0 atom stereocenters. The van der Waals surface area contributed by atoms with Crippen LogP contribution in [0.4, 0.5) is 15.3 Å². The Hall–Kier alpha value is -2.77. The predicted octanol–water partition coefficient (Wildman–Crippen LogP) is 2.78. The number of hydrogen-bond acceptors (Lipinski definition) is 4. The Labute approximate surface area is 166 Å². The van der Waals surface area contributed by atoms with Crippen LogP contribution < -0.4 is 5.32 Å². The maximum absolute atomic E-state index is 12.6. The first-order valence-electron chi connectivity index (χ1n) is 9.34. The van der Waals surface area contributed by atoms with Crippen LogP contribution >= 0.6 is 0 Å². The van der Waals surface area contributed by atoms with E-state index in [2.05, 4.69) is 5.32 Å². The van der Waals surface area contributed by atoms with E-state index in [1.54, 1.807) is 36.0 Å². The number of hydrogen-bond donors (Lipinski definition) is 1. The van der Waals surface area contributed by atoms with Crippen molar-refractivity contribution in [2.24, 2.45) is 0 Å². The number of anilines is 1. The van der Waals surface area contributed by atoms with E-state index < -0.39 is 5.60 Å². The molecule has 1 saturated heterocycles. The molecule has 154 valence electrons. The fourth-order valence-electron chi connectivity index (χ4n) is 2.76. The lowest BCUT2D eigenvalue weighted by molar-refractivity contribution is 0.0174. The molecular weight excluding hydrogens is 360 g/mol. The average molecular weight is 390 g/mol. The number of amides is 4. The SMILES string of the molecule is Cc1ccc(C(=O)N(C)C)cc1NC(=O)N1CCN(C(=O)OC(C)(C)C)CC1. The van der Waals surface area contributed by atoms with Gasteiger partial charge in [0, 0.05) is 51.5 Å². The number of nitrogens with zero attached hydrogens (tertiary/aromatic N) is 3. The summed E-state index contributed by atoms with van der Waals surface area (Å²) in [4.78, 5) is 41.7. The monoisotopic (exact) mass is 390 g/mol. The molecular formula is C20H30N4O4. The number of urea groups is 1. The Kier molecular flexibility index (Phi) is 6.53. The number of ether oxygens (including phenoxy) is 1. The first kappa shape index (κ1) is 21.5. The van der Waals surface area contributed by atoms with E-state index in [1.807, 2.05) is 33.8 Å². The first-order valence-corrected chi connectivity index (χ1v) is 9.34. The Morgan fingerprint density at radius 1 is 1.04 bits per heavy atom. The summed E-state index contributed by atoms with van der Waals surface area (Å²) in [6.07, 6.45) is -0.363. The number of piperazine rings is 1. The van der Waals surface area contributed by atoms with Gasteiger partial charge in [0.05, 0.1) is 0 Å². The van der Waals surface area contributed by atoms with Gasteiger partial charge in [-0.05, 0) is 45.4 Å². The molecule has 8 nitrogen and oxygen atoms in total. The summed E-state index contributed by atoms with van der Waals surface area (Å²) < 4.78 is 5.37. The number of nitrogens with one attached hydrogen (secondary N) is 1. The van der Waals surface area contributed by atoms with Crippen LogP contribution in [-0.2, 0) is 4.74 Å². The molecule has 0 spiro atoms. The lowest BCUT2D eigenvalue weighted by atomic mass is 10.1. The van der Waals surface area contributed by atoms with Gasteiger partial charge in [-0.25, -0.2) is 9.59 Å². The summed E-state index contributed by atoms with van der Waals surface area (Å²) in [6, 6.07) is 4.99. The maximum Gasteiger partial charge on any atom is 0.410 e. The Morgan fingerprint density at radius 3 is 2.14 bits per heavy atom. The van der Waals surface area contributed by atoms with Crippen molar-refractivity contribution >= 4 is 23.7 Å². The van der Waals surface area contributed by atoms with E-state index in [4.69, 9.17) is 4.74 Å². The summed E-state index contributed by atoms with van der Waals surface area (Å²) in [5.74, 6) is -0.124. The molecule has 0 aliphatic carbocycles. The standard InChI is InChI=1S/C20H30N4O4/c1-14-7-8-15(17(25)22(5)6)13-16(14)21-18(26)23-9-11-24(12-10-23)19(27)28-20(2,3)4/h7-8,13H,9-12H2,1-6H3,(H,21,26). The van der Waals surface area contributed by atoms with Crippen molar-refractivity contribution in [2.45, 2.75) is 33.3 Å². The number of carbonyl (C=O) groups is 3. The molecule has 28 heavy (non-hydrogen) atoms. The van der Waals surface area contributed by atoms with Gasteiger partial charge in [-0.3, -0.25) is 4.79 Å². The minimum absolute atomic E-state index is 0.124. The van der Waals surface area contributed by atoms with Crippen molar-refractivity contribution in [3.05, 3.63) is 29.3 Å². The fraction of sp³-hybridized carbons (Fsp3) is 0.550. The zero-order chi connectivity index (χ0) is 21.1. The van der Waals surface area contributed by atoms with Crippen LogP contribution in [0.15, 0.2) is 18.2 Å². The quantitative estimate of drug-likeness (QED) is 0.842. The molecule has 1 fully saturated rings. The molecule has 0 saturated carbocycles. The highest BCUT2D eigenvalue weighted by molar-refractivity contribution is 5.97. The van der Waals surface area contributed by atoms with Gasteiger partial charge in [0.25, 0.3) is 5.91 Å². The summed E-state index contributed by atoms with van der Waals surface area (Å²) in [5, 5.41) is 2.88. The highest BCUT2D eigenvalue weighted by Crippen LogP contribution is 2.19. The third kappa shape index (κ3) is 5.61. The van der Waals surface area contributed by atoms with E-state index in [0.29, 0.717) is 37.4 Å². The minimum atomic E-state index is -0.544. The molecule has 1 aromatic carbocycles. The van der Waals surface area contributed by atoms with Crippen molar-refractivity contribution in [1.29, 1.82) is 0 Å². The zero-order valence-corrected chi connectivity index (χ0v) is 17.5. The molecule has 1 aromatic rings. The van der Waals surface area contributed by atoms with Crippen molar-refractivity contribution in [1.82, 2.24) is 14.7 Å². The average Bonchev–Trinajstić information content (AvgIpc) is 2.61. The maximum atomic E-state index is 12.6. The number of carbonyl (C=O) groups excluding carboxylic acids is 3. The van der Waals surface area contributed by atoms with Gasteiger partial charge < -0.3 is 24.8 Å². The van der Waals surface area contributed by atoms with Gasteiger partial charge in [-0.1, -0.05) is 6.07 Å². The summed E-state index contributed by atoms with van der Waals surface area (Å²) in [5.41, 5.74) is 1.45. The molecule has 0 radical (unpaired) electrons. The van der Waals surface area contributed by atoms with Crippen molar-refractivity contribution in [2.75, 3.05) is 45.6 Å². The van der Waals surface area contributed by atoms with E-state index in [1.165, 1.54) is 4.90 Å². The molecule has 1 aliphatic rings. The van der Waals surface area contributed by atoms with Crippen LogP contribution in [0.3, 0.4) is 0 Å².